The third-order valence-corrected chi connectivity index (χ3v) is 2.69. The van der Waals surface area contributed by atoms with Gasteiger partial charge >= 0.3 is 6.09 Å². The molecule has 1 fully saturated rings. The van der Waals surface area contributed by atoms with Crippen molar-refractivity contribution in [3.63, 3.8) is 0 Å². The van der Waals surface area contributed by atoms with Crippen molar-refractivity contribution >= 4 is 17.6 Å². The lowest BCUT2D eigenvalue weighted by Crippen LogP contribution is -2.27. The third-order valence-electron chi connectivity index (χ3n) is 2.69. The summed E-state index contributed by atoms with van der Waals surface area (Å²) in [5.74, 6) is 0.465. The van der Waals surface area contributed by atoms with E-state index in [1.807, 2.05) is 26.8 Å². The van der Waals surface area contributed by atoms with E-state index in [2.05, 4.69) is 15.6 Å². The second kappa shape index (κ2) is 6.09. The fourth-order valence-electron chi connectivity index (χ4n) is 1.85. The van der Waals surface area contributed by atoms with E-state index in [1.54, 1.807) is 12.3 Å². The smallest absolute Gasteiger partial charge is 0.413 e. The number of anilines is 2. The first kappa shape index (κ1) is 14.6. The zero-order valence-electron chi connectivity index (χ0n) is 12.1. The van der Waals surface area contributed by atoms with Gasteiger partial charge in [-0.3, -0.25) is 5.32 Å². The highest BCUT2D eigenvalue weighted by Gasteiger charge is 2.17. The van der Waals surface area contributed by atoms with E-state index in [-0.39, 0.29) is 0 Å². The molecule has 0 aliphatic carbocycles. The van der Waals surface area contributed by atoms with Crippen molar-refractivity contribution in [2.45, 2.75) is 38.8 Å². The number of hydrogen-bond donors (Lipinski definition) is 2. The van der Waals surface area contributed by atoms with Gasteiger partial charge in [0, 0.05) is 6.61 Å². The molecule has 0 bridgehead atoms. The Hall–Kier alpha value is -1.82. The van der Waals surface area contributed by atoms with Gasteiger partial charge in [-0.25, -0.2) is 9.78 Å². The van der Waals surface area contributed by atoms with Gasteiger partial charge in [-0.05, 0) is 39.3 Å². The Balaban J connectivity index is 1.86. The van der Waals surface area contributed by atoms with Crippen LogP contribution >= 0.6 is 0 Å². The molecule has 0 spiro atoms. The molecule has 2 N–H and O–H groups in total. The highest BCUT2D eigenvalue weighted by Crippen LogP contribution is 2.15. The quantitative estimate of drug-likeness (QED) is 0.890. The van der Waals surface area contributed by atoms with Crippen molar-refractivity contribution < 1.29 is 14.3 Å². The van der Waals surface area contributed by atoms with E-state index in [9.17, 15) is 4.79 Å². The molecule has 0 saturated carbocycles. The fourth-order valence-corrected chi connectivity index (χ4v) is 1.85. The maximum absolute atomic E-state index is 11.6. The molecule has 1 amide bonds. The minimum absolute atomic E-state index is 0.335. The normalized spacial score (nSPS) is 18.6. The highest BCUT2D eigenvalue weighted by molar-refractivity contribution is 5.83. The minimum atomic E-state index is -0.520. The standard InChI is InChI=1S/C14H21N3O3/c1-14(2,3)20-13(18)17-12-5-4-10(8-15-12)16-11-6-7-19-9-11/h4-5,8,11,16H,6-7,9H2,1-3H3,(H,15,17,18). The van der Waals surface area contributed by atoms with Crippen LogP contribution in [0.25, 0.3) is 0 Å². The molecule has 2 rings (SSSR count). The van der Waals surface area contributed by atoms with Gasteiger partial charge in [0.25, 0.3) is 0 Å². The molecule has 2 heterocycles. The number of carbonyl (C=O) groups excluding carboxylic acids is 1. The van der Waals surface area contributed by atoms with Crippen molar-refractivity contribution in [1.82, 2.24) is 4.98 Å². The zero-order chi connectivity index (χ0) is 14.6. The molecule has 1 aromatic heterocycles. The summed E-state index contributed by atoms with van der Waals surface area (Å²) in [6.45, 7) is 6.96. The topological polar surface area (TPSA) is 72.5 Å². The monoisotopic (exact) mass is 279 g/mol. The molecule has 1 saturated heterocycles. The third kappa shape index (κ3) is 4.70. The summed E-state index contributed by atoms with van der Waals surface area (Å²) in [5.41, 5.74) is 0.392. The van der Waals surface area contributed by atoms with Crippen molar-refractivity contribution in [2.75, 3.05) is 23.8 Å². The summed E-state index contributed by atoms with van der Waals surface area (Å²) >= 11 is 0. The van der Waals surface area contributed by atoms with E-state index < -0.39 is 11.7 Å². The molecule has 0 aromatic carbocycles. The van der Waals surface area contributed by atoms with Gasteiger partial charge in [0.2, 0.25) is 0 Å². The Morgan fingerprint density at radius 1 is 1.45 bits per heavy atom. The molecule has 20 heavy (non-hydrogen) atoms. The van der Waals surface area contributed by atoms with Crippen LogP contribution in [0.3, 0.4) is 0 Å². The summed E-state index contributed by atoms with van der Waals surface area (Å²) in [6, 6.07) is 3.95. The molecule has 6 nitrogen and oxygen atoms in total. The van der Waals surface area contributed by atoms with Gasteiger partial charge in [-0.2, -0.15) is 0 Å². The van der Waals surface area contributed by atoms with Crippen molar-refractivity contribution in [3.8, 4) is 0 Å². The van der Waals surface area contributed by atoms with Crippen LogP contribution in [0, 0.1) is 0 Å². The summed E-state index contributed by atoms with van der Waals surface area (Å²) in [4.78, 5) is 15.8. The zero-order valence-corrected chi connectivity index (χ0v) is 12.1. The lowest BCUT2D eigenvalue weighted by Gasteiger charge is -2.19. The fraction of sp³-hybridized carbons (Fsp3) is 0.571. The number of amides is 1. The van der Waals surface area contributed by atoms with Crippen LogP contribution in [0.1, 0.15) is 27.2 Å². The Kier molecular flexibility index (Phi) is 4.44. The number of nitrogens with one attached hydrogen (secondary N) is 2. The van der Waals surface area contributed by atoms with Crippen LogP contribution in [0.5, 0.6) is 0 Å². The summed E-state index contributed by atoms with van der Waals surface area (Å²) < 4.78 is 10.5. The van der Waals surface area contributed by atoms with Crippen molar-refractivity contribution in [1.29, 1.82) is 0 Å². The number of pyridine rings is 1. The van der Waals surface area contributed by atoms with Gasteiger partial charge in [-0.1, -0.05) is 0 Å². The molecule has 1 unspecified atom stereocenters. The first-order chi connectivity index (χ1) is 9.42. The second-order valence-corrected chi connectivity index (χ2v) is 5.76. The average Bonchev–Trinajstić information content (AvgIpc) is 2.82. The number of nitrogens with zero attached hydrogens (tertiary/aromatic N) is 1. The molecule has 0 radical (unpaired) electrons. The van der Waals surface area contributed by atoms with Crippen LogP contribution < -0.4 is 10.6 Å². The first-order valence-electron chi connectivity index (χ1n) is 6.73. The SMILES string of the molecule is CC(C)(C)OC(=O)Nc1ccc(NC2CCOC2)cn1. The number of rotatable bonds is 3. The first-order valence-corrected chi connectivity index (χ1v) is 6.73. The van der Waals surface area contributed by atoms with Crippen molar-refractivity contribution in [3.05, 3.63) is 18.3 Å². The van der Waals surface area contributed by atoms with E-state index >= 15 is 0 Å². The Morgan fingerprint density at radius 3 is 2.80 bits per heavy atom. The Morgan fingerprint density at radius 2 is 2.25 bits per heavy atom. The molecule has 1 aromatic rings. The van der Waals surface area contributed by atoms with E-state index in [1.165, 1.54) is 0 Å². The Bertz CT molecular complexity index is 448. The molecule has 6 heteroatoms. The van der Waals surface area contributed by atoms with Gasteiger partial charge in [-0.15, -0.1) is 0 Å². The number of aromatic nitrogens is 1. The summed E-state index contributed by atoms with van der Waals surface area (Å²) in [7, 11) is 0. The molecular formula is C14H21N3O3. The number of ether oxygens (including phenoxy) is 2. The van der Waals surface area contributed by atoms with Gasteiger partial charge in [0.15, 0.2) is 0 Å². The molecule has 1 aliphatic rings. The lowest BCUT2D eigenvalue weighted by molar-refractivity contribution is 0.0635. The van der Waals surface area contributed by atoms with Crippen LogP contribution in [-0.4, -0.2) is 35.9 Å². The van der Waals surface area contributed by atoms with E-state index in [0.717, 1.165) is 25.3 Å². The maximum atomic E-state index is 11.6. The maximum Gasteiger partial charge on any atom is 0.413 e. The van der Waals surface area contributed by atoms with Gasteiger partial charge < -0.3 is 14.8 Å². The average molecular weight is 279 g/mol. The molecular weight excluding hydrogens is 258 g/mol. The summed E-state index contributed by atoms with van der Waals surface area (Å²) in [5, 5.41) is 5.92. The minimum Gasteiger partial charge on any atom is -0.444 e. The Labute approximate surface area is 118 Å². The van der Waals surface area contributed by atoms with Crippen LogP contribution in [0.2, 0.25) is 0 Å². The molecule has 110 valence electrons. The lowest BCUT2D eigenvalue weighted by atomic mass is 10.2. The molecule has 1 atom stereocenters. The number of hydrogen-bond acceptors (Lipinski definition) is 5. The highest BCUT2D eigenvalue weighted by atomic mass is 16.6. The number of carbonyl (C=O) groups is 1. The van der Waals surface area contributed by atoms with E-state index in [0.29, 0.717) is 11.9 Å². The second-order valence-electron chi connectivity index (χ2n) is 5.76. The summed E-state index contributed by atoms with van der Waals surface area (Å²) in [6.07, 6.45) is 2.18. The largest absolute Gasteiger partial charge is 0.444 e. The van der Waals surface area contributed by atoms with Crippen LogP contribution in [-0.2, 0) is 9.47 Å². The van der Waals surface area contributed by atoms with Crippen LogP contribution in [0.15, 0.2) is 18.3 Å². The predicted octanol–water partition coefficient (Wildman–Crippen LogP) is 2.63. The van der Waals surface area contributed by atoms with E-state index in [4.69, 9.17) is 9.47 Å². The van der Waals surface area contributed by atoms with Gasteiger partial charge in [0.1, 0.15) is 11.4 Å². The van der Waals surface area contributed by atoms with Gasteiger partial charge in [0.05, 0.1) is 24.5 Å². The predicted molar refractivity (Wildman–Crippen MR) is 76.9 cm³/mol. The molecule has 1 aliphatic heterocycles. The van der Waals surface area contributed by atoms with Crippen molar-refractivity contribution in [2.24, 2.45) is 0 Å². The van der Waals surface area contributed by atoms with Crippen LogP contribution in [0.4, 0.5) is 16.3 Å².